The Morgan fingerprint density at radius 3 is 2.67 bits per heavy atom. The first-order valence-corrected chi connectivity index (χ1v) is 9.18. The Balaban J connectivity index is 1.40. The van der Waals surface area contributed by atoms with Crippen molar-refractivity contribution in [2.24, 2.45) is 0 Å². The molecule has 0 aliphatic carbocycles. The quantitative estimate of drug-likeness (QED) is 0.712. The highest BCUT2D eigenvalue weighted by Crippen LogP contribution is 2.28. The number of imidazole rings is 1. The maximum atomic E-state index is 12.6. The summed E-state index contributed by atoms with van der Waals surface area (Å²) in [7, 11) is 0. The van der Waals surface area contributed by atoms with E-state index in [1.165, 1.54) is 0 Å². The van der Waals surface area contributed by atoms with Crippen molar-refractivity contribution < 1.29 is 4.79 Å². The molecule has 3 aromatic rings. The number of pyridine rings is 1. The molecule has 1 aliphatic rings. The van der Waals surface area contributed by atoms with Crippen LogP contribution >= 0.6 is 0 Å². The zero-order valence-corrected chi connectivity index (χ0v) is 15.3. The molecular formula is C20H22N6O. The molecule has 138 valence electrons. The van der Waals surface area contributed by atoms with E-state index in [-0.39, 0.29) is 5.91 Å². The second kappa shape index (κ2) is 7.65. The van der Waals surface area contributed by atoms with Crippen LogP contribution in [0.25, 0.3) is 0 Å². The number of nitrogens with zero attached hydrogens (tertiary/aromatic N) is 6. The molecule has 3 aromatic heterocycles. The van der Waals surface area contributed by atoms with Crippen molar-refractivity contribution in [1.29, 1.82) is 0 Å². The second-order valence-corrected chi connectivity index (χ2v) is 6.88. The van der Waals surface area contributed by atoms with Gasteiger partial charge < -0.3 is 9.47 Å². The van der Waals surface area contributed by atoms with E-state index < -0.39 is 0 Å². The number of piperidine rings is 1. The number of carbonyl (C=O) groups excluding carboxylic acids is 1. The van der Waals surface area contributed by atoms with Gasteiger partial charge >= 0.3 is 0 Å². The molecule has 7 heteroatoms. The molecule has 0 N–H and O–H groups in total. The topological polar surface area (TPSA) is 76.8 Å². The first-order chi connectivity index (χ1) is 13.2. The minimum absolute atomic E-state index is 0.0420. The summed E-state index contributed by atoms with van der Waals surface area (Å²) in [6.45, 7) is 4.04. The van der Waals surface area contributed by atoms with Crippen LogP contribution in [0.5, 0.6) is 0 Å². The van der Waals surface area contributed by atoms with E-state index in [1.807, 2.05) is 36.5 Å². The van der Waals surface area contributed by atoms with Crippen LogP contribution in [0.4, 0.5) is 0 Å². The summed E-state index contributed by atoms with van der Waals surface area (Å²) >= 11 is 0. The smallest absolute Gasteiger partial charge is 0.274 e. The summed E-state index contributed by atoms with van der Waals surface area (Å²) < 4.78 is 2.19. The van der Waals surface area contributed by atoms with Gasteiger partial charge in [0.15, 0.2) is 0 Å². The minimum atomic E-state index is -0.0420. The molecule has 4 rings (SSSR count). The van der Waals surface area contributed by atoms with Gasteiger partial charge in [-0.2, -0.15) is 0 Å². The van der Waals surface area contributed by atoms with Gasteiger partial charge in [0.05, 0.1) is 18.4 Å². The van der Waals surface area contributed by atoms with Gasteiger partial charge in [-0.3, -0.25) is 14.8 Å². The van der Waals surface area contributed by atoms with Crippen molar-refractivity contribution in [3.8, 4) is 0 Å². The minimum Gasteiger partial charge on any atom is -0.337 e. The lowest BCUT2D eigenvalue weighted by Crippen LogP contribution is -2.38. The zero-order valence-electron chi connectivity index (χ0n) is 15.3. The Morgan fingerprint density at radius 2 is 1.96 bits per heavy atom. The van der Waals surface area contributed by atoms with E-state index in [2.05, 4.69) is 30.6 Å². The van der Waals surface area contributed by atoms with Gasteiger partial charge in [0.25, 0.3) is 5.91 Å². The number of aryl methyl sites for hydroxylation is 1. The number of hydrogen-bond donors (Lipinski definition) is 0. The number of carbonyl (C=O) groups is 1. The summed E-state index contributed by atoms with van der Waals surface area (Å²) in [5.74, 6) is 1.39. The largest absolute Gasteiger partial charge is 0.337 e. The van der Waals surface area contributed by atoms with E-state index >= 15 is 0 Å². The predicted molar refractivity (Wildman–Crippen MR) is 100 cm³/mol. The number of aromatic nitrogens is 5. The van der Waals surface area contributed by atoms with Gasteiger partial charge in [0.1, 0.15) is 11.5 Å². The molecule has 0 bridgehead atoms. The van der Waals surface area contributed by atoms with Crippen molar-refractivity contribution >= 4 is 5.91 Å². The second-order valence-electron chi connectivity index (χ2n) is 6.88. The first kappa shape index (κ1) is 17.3. The fourth-order valence-corrected chi connectivity index (χ4v) is 3.51. The third-order valence-electron chi connectivity index (χ3n) is 4.97. The summed E-state index contributed by atoms with van der Waals surface area (Å²) in [6.07, 6.45) is 12.5. The fraction of sp³-hybridized carbons (Fsp3) is 0.350. The van der Waals surface area contributed by atoms with E-state index in [0.29, 0.717) is 24.7 Å². The fourth-order valence-electron chi connectivity index (χ4n) is 3.51. The molecule has 0 atom stereocenters. The van der Waals surface area contributed by atoms with Gasteiger partial charge in [-0.1, -0.05) is 6.07 Å². The first-order valence-electron chi connectivity index (χ1n) is 9.18. The van der Waals surface area contributed by atoms with Crippen LogP contribution in [0.1, 0.15) is 46.3 Å². The van der Waals surface area contributed by atoms with Crippen LogP contribution in [0.15, 0.2) is 49.3 Å². The Hall–Kier alpha value is -3.09. The highest BCUT2D eigenvalue weighted by Gasteiger charge is 2.27. The SMILES string of the molecule is Cc1cnc(C(=O)N2CCC(c3nccn3Cc3cccnc3)CC2)cn1. The lowest BCUT2D eigenvalue weighted by molar-refractivity contribution is 0.0704. The molecule has 4 heterocycles. The van der Waals surface area contributed by atoms with Crippen LogP contribution < -0.4 is 0 Å². The molecular weight excluding hydrogens is 340 g/mol. The number of amides is 1. The molecule has 1 fully saturated rings. The molecule has 0 aromatic carbocycles. The highest BCUT2D eigenvalue weighted by atomic mass is 16.2. The van der Waals surface area contributed by atoms with E-state index in [4.69, 9.17) is 0 Å². The predicted octanol–water partition coefficient (Wildman–Crippen LogP) is 2.44. The van der Waals surface area contributed by atoms with Crippen LogP contribution in [0, 0.1) is 6.92 Å². The van der Waals surface area contributed by atoms with Crippen LogP contribution in [0.2, 0.25) is 0 Å². The summed E-state index contributed by atoms with van der Waals surface area (Å²) in [4.78, 5) is 31.6. The van der Waals surface area contributed by atoms with Crippen molar-refractivity contribution in [2.75, 3.05) is 13.1 Å². The van der Waals surface area contributed by atoms with E-state index in [0.717, 1.165) is 36.5 Å². The molecule has 0 saturated carbocycles. The molecule has 1 amide bonds. The van der Waals surface area contributed by atoms with Gasteiger partial charge in [-0.25, -0.2) is 9.97 Å². The van der Waals surface area contributed by atoms with Crippen LogP contribution in [0.3, 0.4) is 0 Å². The monoisotopic (exact) mass is 362 g/mol. The maximum absolute atomic E-state index is 12.6. The standard InChI is InChI=1S/C20H22N6O/c1-15-11-24-18(13-23-15)20(27)25-8-4-17(5-9-25)19-22-7-10-26(19)14-16-3-2-6-21-12-16/h2-3,6-7,10-13,17H,4-5,8-9,14H2,1H3. The normalized spacial score (nSPS) is 15.1. The average molecular weight is 362 g/mol. The van der Waals surface area contributed by atoms with Gasteiger partial charge in [-0.15, -0.1) is 0 Å². The van der Waals surface area contributed by atoms with Gasteiger partial charge in [0, 0.05) is 50.0 Å². The third kappa shape index (κ3) is 3.86. The molecule has 0 spiro atoms. The Labute approximate surface area is 158 Å². The third-order valence-corrected chi connectivity index (χ3v) is 4.97. The number of hydrogen-bond acceptors (Lipinski definition) is 5. The average Bonchev–Trinajstić information content (AvgIpc) is 3.17. The van der Waals surface area contributed by atoms with E-state index in [1.54, 1.807) is 18.6 Å². The van der Waals surface area contributed by atoms with Gasteiger partial charge in [0.2, 0.25) is 0 Å². The molecule has 1 aliphatic heterocycles. The zero-order chi connectivity index (χ0) is 18.6. The summed E-state index contributed by atoms with van der Waals surface area (Å²) in [6, 6.07) is 4.02. The lowest BCUT2D eigenvalue weighted by atomic mass is 9.95. The van der Waals surface area contributed by atoms with E-state index in [9.17, 15) is 4.79 Å². The van der Waals surface area contributed by atoms with Crippen LogP contribution in [-0.2, 0) is 6.54 Å². The Kier molecular flexibility index (Phi) is 4.91. The van der Waals surface area contributed by atoms with Gasteiger partial charge in [-0.05, 0) is 31.4 Å². The molecule has 0 radical (unpaired) electrons. The molecule has 0 unspecified atom stereocenters. The van der Waals surface area contributed by atoms with Crippen molar-refractivity contribution in [3.05, 3.63) is 72.1 Å². The summed E-state index contributed by atoms with van der Waals surface area (Å²) in [5, 5.41) is 0. The summed E-state index contributed by atoms with van der Waals surface area (Å²) in [5.41, 5.74) is 2.38. The lowest BCUT2D eigenvalue weighted by Gasteiger charge is -2.31. The number of rotatable bonds is 4. The Bertz CT molecular complexity index is 898. The highest BCUT2D eigenvalue weighted by molar-refractivity contribution is 5.92. The molecule has 27 heavy (non-hydrogen) atoms. The van der Waals surface area contributed by atoms with Crippen molar-refractivity contribution in [1.82, 2.24) is 29.4 Å². The molecule has 1 saturated heterocycles. The van der Waals surface area contributed by atoms with Crippen molar-refractivity contribution in [3.63, 3.8) is 0 Å². The van der Waals surface area contributed by atoms with Crippen molar-refractivity contribution in [2.45, 2.75) is 32.2 Å². The Morgan fingerprint density at radius 1 is 1.11 bits per heavy atom. The number of likely N-dealkylation sites (tertiary alicyclic amines) is 1. The maximum Gasteiger partial charge on any atom is 0.274 e. The molecule has 7 nitrogen and oxygen atoms in total. The van der Waals surface area contributed by atoms with Crippen LogP contribution in [-0.4, -0.2) is 48.4 Å².